The largest absolute Gasteiger partial charge is 0.470 e. The first-order valence-corrected chi connectivity index (χ1v) is 4.40. The Kier molecular flexibility index (Phi) is 1.70. The number of hydrazine groups is 1. The van der Waals surface area contributed by atoms with E-state index in [1.165, 1.54) is 5.56 Å². The molecule has 0 atom stereocenters. The number of aryl methyl sites for hydroxylation is 1. The van der Waals surface area contributed by atoms with E-state index in [1.807, 2.05) is 26.0 Å². The summed E-state index contributed by atoms with van der Waals surface area (Å²) in [5.41, 5.74) is 8.06. The fourth-order valence-corrected chi connectivity index (χ4v) is 1.35. The summed E-state index contributed by atoms with van der Waals surface area (Å²) in [4.78, 5) is 0. The monoisotopic (exact) mass is 178 g/mol. The van der Waals surface area contributed by atoms with Gasteiger partial charge in [-0.2, -0.15) is 5.43 Å². The smallest absolute Gasteiger partial charge is 0.171 e. The third-order valence-electron chi connectivity index (χ3n) is 2.00. The van der Waals surface area contributed by atoms with Crippen molar-refractivity contribution in [1.29, 1.82) is 0 Å². The number of hydrogen-bond donors (Lipinski definition) is 2. The van der Waals surface area contributed by atoms with Gasteiger partial charge in [-0.25, -0.2) is 0 Å². The SMILES string of the molecule is Cc1ccc2c(c1)NNC(C)(C)O2. The van der Waals surface area contributed by atoms with E-state index >= 15 is 0 Å². The van der Waals surface area contributed by atoms with Crippen molar-refractivity contribution in [2.24, 2.45) is 0 Å². The molecule has 3 heteroatoms. The number of hydrogen-bond acceptors (Lipinski definition) is 3. The van der Waals surface area contributed by atoms with Gasteiger partial charge in [0.2, 0.25) is 0 Å². The molecule has 0 saturated heterocycles. The second-order valence-electron chi connectivity index (χ2n) is 3.86. The Labute approximate surface area is 78.1 Å². The van der Waals surface area contributed by atoms with Crippen LogP contribution in [-0.4, -0.2) is 5.72 Å². The topological polar surface area (TPSA) is 33.3 Å². The third-order valence-corrected chi connectivity index (χ3v) is 2.00. The van der Waals surface area contributed by atoms with Gasteiger partial charge in [-0.15, -0.1) is 0 Å². The molecular weight excluding hydrogens is 164 g/mol. The Bertz CT molecular complexity index is 334. The Morgan fingerprint density at radius 1 is 1.31 bits per heavy atom. The van der Waals surface area contributed by atoms with Crippen molar-refractivity contribution < 1.29 is 4.74 Å². The third kappa shape index (κ3) is 1.60. The molecule has 1 aliphatic heterocycles. The molecule has 0 radical (unpaired) electrons. The van der Waals surface area contributed by atoms with Gasteiger partial charge in [0.25, 0.3) is 0 Å². The zero-order valence-electron chi connectivity index (χ0n) is 8.14. The van der Waals surface area contributed by atoms with Crippen molar-refractivity contribution in [3.63, 3.8) is 0 Å². The van der Waals surface area contributed by atoms with Crippen LogP contribution >= 0.6 is 0 Å². The molecule has 0 amide bonds. The lowest BCUT2D eigenvalue weighted by Crippen LogP contribution is -2.50. The lowest BCUT2D eigenvalue weighted by molar-refractivity contribution is 0.0707. The maximum atomic E-state index is 5.70. The maximum absolute atomic E-state index is 5.70. The Morgan fingerprint density at radius 3 is 2.85 bits per heavy atom. The standard InChI is InChI=1S/C10H14N2O/c1-7-4-5-9-8(6-7)11-12-10(2,3)13-9/h4-6,11-12H,1-3H3. The van der Waals surface area contributed by atoms with Crippen LogP contribution in [0.1, 0.15) is 19.4 Å². The molecular formula is C10H14N2O. The summed E-state index contributed by atoms with van der Waals surface area (Å²) in [5.74, 6) is 0.898. The minimum atomic E-state index is -0.345. The number of benzene rings is 1. The summed E-state index contributed by atoms with van der Waals surface area (Å²) >= 11 is 0. The molecule has 1 aromatic rings. The van der Waals surface area contributed by atoms with Crippen LogP contribution in [0.2, 0.25) is 0 Å². The lowest BCUT2D eigenvalue weighted by Gasteiger charge is -2.34. The summed E-state index contributed by atoms with van der Waals surface area (Å²) in [6, 6.07) is 6.08. The molecule has 0 saturated carbocycles. The minimum absolute atomic E-state index is 0.345. The summed E-state index contributed by atoms with van der Waals surface area (Å²) in [7, 11) is 0. The van der Waals surface area contributed by atoms with Crippen LogP contribution < -0.4 is 15.6 Å². The molecule has 0 bridgehead atoms. The van der Waals surface area contributed by atoms with Crippen LogP contribution in [-0.2, 0) is 0 Å². The first kappa shape index (κ1) is 8.38. The molecule has 0 aliphatic carbocycles. The van der Waals surface area contributed by atoms with Gasteiger partial charge >= 0.3 is 0 Å². The molecule has 0 unspecified atom stereocenters. The van der Waals surface area contributed by atoms with E-state index in [-0.39, 0.29) is 5.72 Å². The molecule has 13 heavy (non-hydrogen) atoms. The first-order chi connectivity index (χ1) is 6.07. The van der Waals surface area contributed by atoms with Gasteiger partial charge in [-0.05, 0) is 38.5 Å². The number of nitrogens with one attached hydrogen (secondary N) is 2. The summed E-state index contributed by atoms with van der Waals surface area (Å²) in [6.07, 6.45) is 0. The highest BCUT2D eigenvalue weighted by Crippen LogP contribution is 2.30. The molecule has 2 N–H and O–H groups in total. The maximum Gasteiger partial charge on any atom is 0.171 e. The van der Waals surface area contributed by atoms with Crippen molar-refractivity contribution in [2.75, 3.05) is 5.43 Å². The van der Waals surface area contributed by atoms with Crippen LogP contribution in [0.4, 0.5) is 5.69 Å². The molecule has 3 nitrogen and oxygen atoms in total. The number of ether oxygens (including phenoxy) is 1. The fourth-order valence-electron chi connectivity index (χ4n) is 1.35. The first-order valence-electron chi connectivity index (χ1n) is 4.40. The molecule has 1 heterocycles. The highest BCUT2D eigenvalue weighted by Gasteiger charge is 2.25. The van der Waals surface area contributed by atoms with Crippen molar-refractivity contribution in [3.05, 3.63) is 23.8 Å². The second kappa shape index (κ2) is 2.64. The highest BCUT2D eigenvalue weighted by molar-refractivity contribution is 5.58. The van der Waals surface area contributed by atoms with E-state index in [2.05, 4.69) is 23.8 Å². The molecule has 1 aromatic carbocycles. The Balaban J connectivity index is 2.37. The van der Waals surface area contributed by atoms with Gasteiger partial charge < -0.3 is 10.2 Å². The molecule has 0 aromatic heterocycles. The normalized spacial score (nSPS) is 18.4. The average Bonchev–Trinajstić information content (AvgIpc) is 2.05. The average molecular weight is 178 g/mol. The van der Waals surface area contributed by atoms with E-state index in [0.29, 0.717) is 0 Å². The predicted octanol–water partition coefficient (Wildman–Crippen LogP) is 2.04. The summed E-state index contributed by atoms with van der Waals surface area (Å²) < 4.78 is 5.70. The molecule has 0 spiro atoms. The van der Waals surface area contributed by atoms with Gasteiger partial charge in [-0.3, -0.25) is 0 Å². The van der Waals surface area contributed by atoms with E-state index < -0.39 is 0 Å². The van der Waals surface area contributed by atoms with Gasteiger partial charge in [0.15, 0.2) is 5.72 Å². The molecule has 70 valence electrons. The van der Waals surface area contributed by atoms with E-state index in [1.54, 1.807) is 0 Å². The summed E-state index contributed by atoms with van der Waals surface area (Å²) in [5, 5.41) is 0. The Morgan fingerprint density at radius 2 is 2.08 bits per heavy atom. The van der Waals surface area contributed by atoms with Crippen molar-refractivity contribution >= 4 is 5.69 Å². The van der Waals surface area contributed by atoms with Crippen molar-refractivity contribution in [2.45, 2.75) is 26.5 Å². The number of anilines is 1. The van der Waals surface area contributed by atoms with Gasteiger partial charge in [0.1, 0.15) is 5.75 Å². The fraction of sp³-hybridized carbons (Fsp3) is 0.400. The molecule has 1 aliphatic rings. The summed E-state index contributed by atoms with van der Waals surface area (Å²) in [6.45, 7) is 6.01. The predicted molar refractivity (Wildman–Crippen MR) is 52.6 cm³/mol. The van der Waals surface area contributed by atoms with Crippen molar-refractivity contribution in [3.8, 4) is 5.75 Å². The van der Waals surface area contributed by atoms with E-state index in [9.17, 15) is 0 Å². The van der Waals surface area contributed by atoms with Crippen molar-refractivity contribution in [1.82, 2.24) is 5.43 Å². The van der Waals surface area contributed by atoms with Gasteiger partial charge in [0, 0.05) is 0 Å². The minimum Gasteiger partial charge on any atom is -0.470 e. The van der Waals surface area contributed by atoms with E-state index in [4.69, 9.17) is 4.74 Å². The van der Waals surface area contributed by atoms with E-state index in [0.717, 1.165) is 11.4 Å². The van der Waals surface area contributed by atoms with Crippen LogP contribution in [0.3, 0.4) is 0 Å². The quantitative estimate of drug-likeness (QED) is 0.637. The molecule has 2 rings (SSSR count). The Hall–Kier alpha value is -1.22. The molecule has 0 fully saturated rings. The van der Waals surface area contributed by atoms with Gasteiger partial charge in [-0.1, -0.05) is 6.07 Å². The zero-order chi connectivity index (χ0) is 9.47. The second-order valence-corrected chi connectivity index (χ2v) is 3.86. The number of fused-ring (bicyclic) bond motifs is 1. The highest BCUT2D eigenvalue weighted by atomic mass is 16.5. The van der Waals surface area contributed by atoms with Crippen LogP contribution in [0.15, 0.2) is 18.2 Å². The number of rotatable bonds is 0. The van der Waals surface area contributed by atoms with Crippen LogP contribution in [0, 0.1) is 6.92 Å². The lowest BCUT2D eigenvalue weighted by atomic mass is 10.2. The van der Waals surface area contributed by atoms with Gasteiger partial charge in [0.05, 0.1) is 5.69 Å². The zero-order valence-corrected chi connectivity index (χ0v) is 8.14. The van der Waals surface area contributed by atoms with Crippen LogP contribution in [0.25, 0.3) is 0 Å². The van der Waals surface area contributed by atoms with Crippen LogP contribution in [0.5, 0.6) is 5.75 Å².